The number of nitrogens with one attached hydrogen (secondary N) is 1. The number of carbonyl (C=O) groups is 1. The van der Waals surface area contributed by atoms with Crippen LogP contribution in [0, 0.1) is 0 Å². The number of carbonyl (C=O) groups excluding carboxylic acids is 1. The number of nitrogens with two attached hydrogens (primary N) is 1. The molecule has 0 saturated heterocycles. The van der Waals surface area contributed by atoms with Crippen molar-refractivity contribution in [1.29, 1.82) is 0 Å². The Morgan fingerprint density at radius 2 is 1.79 bits per heavy atom. The van der Waals surface area contributed by atoms with Gasteiger partial charge >= 0.3 is 0 Å². The molecule has 1 amide bonds. The van der Waals surface area contributed by atoms with Gasteiger partial charge < -0.3 is 4.74 Å². The Kier molecular flexibility index (Phi) is 7.31. The molecule has 0 heterocycles. The maximum Gasteiger partial charge on any atom is 0.233 e. The Morgan fingerprint density at radius 3 is 2.47 bits per heavy atom. The Hall–Kier alpha value is -0.680. The first kappa shape index (κ1) is 16.4. The van der Waals surface area contributed by atoms with E-state index in [1.54, 1.807) is 12.1 Å². The monoisotopic (exact) mass is 324 g/mol. The van der Waals surface area contributed by atoms with Gasteiger partial charge in [0.25, 0.3) is 0 Å². The van der Waals surface area contributed by atoms with E-state index in [1.807, 2.05) is 0 Å². The van der Waals surface area contributed by atoms with Crippen LogP contribution < -0.4 is 16.0 Å². The summed E-state index contributed by atoms with van der Waals surface area (Å²) in [6.07, 6.45) is 2.87. The van der Waals surface area contributed by atoms with Crippen LogP contribution in [-0.2, 0) is 4.79 Å². The van der Waals surface area contributed by atoms with Gasteiger partial charge in [-0.2, -0.15) is 0 Å². The minimum atomic E-state index is -0.159. The molecule has 3 N–H and O–H groups in total. The lowest BCUT2D eigenvalue weighted by molar-refractivity contribution is -0.121. The number of benzene rings is 1. The number of halogens is 3. The topological polar surface area (TPSA) is 64.3 Å². The fourth-order valence-corrected chi connectivity index (χ4v) is 2.02. The van der Waals surface area contributed by atoms with E-state index in [2.05, 4.69) is 5.43 Å². The van der Waals surface area contributed by atoms with E-state index in [1.165, 1.54) is 0 Å². The molecule has 0 aliphatic carbocycles. The van der Waals surface area contributed by atoms with Crippen LogP contribution in [0.1, 0.15) is 25.7 Å². The summed E-state index contributed by atoms with van der Waals surface area (Å²) in [6, 6.07) is 3.14. The highest BCUT2D eigenvalue weighted by atomic mass is 35.5. The van der Waals surface area contributed by atoms with Crippen LogP contribution >= 0.6 is 34.8 Å². The van der Waals surface area contributed by atoms with Gasteiger partial charge in [0, 0.05) is 12.5 Å². The highest BCUT2D eigenvalue weighted by Gasteiger charge is 2.07. The van der Waals surface area contributed by atoms with E-state index >= 15 is 0 Å². The second-order valence-corrected chi connectivity index (χ2v) is 5.14. The third-order valence-corrected chi connectivity index (χ3v) is 3.46. The Balaban J connectivity index is 2.26. The van der Waals surface area contributed by atoms with E-state index in [9.17, 15) is 4.79 Å². The standard InChI is InChI=1S/C12H15Cl3N2O2/c13-8-6-10(15)11(7-9(8)14)19-5-3-1-2-4-12(18)17-16/h6-7H,1-5,16H2,(H,17,18). The van der Waals surface area contributed by atoms with Gasteiger partial charge in [-0.1, -0.05) is 34.8 Å². The molecule has 0 radical (unpaired) electrons. The van der Waals surface area contributed by atoms with E-state index in [-0.39, 0.29) is 5.91 Å². The van der Waals surface area contributed by atoms with Crippen LogP contribution in [0.4, 0.5) is 0 Å². The quantitative estimate of drug-likeness (QED) is 0.265. The number of hydrogen-bond donors (Lipinski definition) is 2. The molecule has 0 fully saturated rings. The summed E-state index contributed by atoms with van der Waals surface area (Å²) in [5.74, 6) is 5.32. The van der Waals surface area contributed by atoms with Gasteiger partial charge in [-0.25, -0.2) is 5.84 Å². The SMILES string of the molecule is NNC(=O)CCCCCOc1cc(Cl)c(Cl)cc1Cl. The Morgan fingerprint density at radius 1 is 1.11 bits per heavy atom. The third kappa shape index (κ3) is 5.87. The number of hydrazine groups is 1. The van der Waals surface area contributed by atoms with Crippen LogP contribution in [0.15, 0.2) is 12.1 Å². The predicted molar refractivity (Wildman–Crippen MR) is 77.8 cm³/mol. The highest BCUT2D eigenvalue weighted by molar-refractivity contribution is 6.43. The van der Waals surface area contributed by atoms with Gasteiger partial charge in [-0.05, 0) is 25.3 Å². The minimum Gasteiger partial charge on any atom is -0.492 e. The summed E-state index contributed by atoms with van der Waals surface area (Å²) >= 11 is 17.7. The molecule has 4 nitrogen and oxygen atoms in total. The third-order valence-electron chi connectivity index (χ3n) is 2.44. The highest BCUT2D eigenvalue weighted by Crippen LogP contribution is 2.33. The van der Waals surface area contributed by atoms with Gasteiger partial charge in [-0.3, -0.25) is 10.2 Å². The van der Waals surface area contributed by atoms with Crippen molar-refractivity contribution in [2.45, 2.75) is 25.7 Å². The van der Waals surface area contributed by atoms with Crippen LogP contribution in [-0.4, -0.2) is 12.5 Å². The summed E-state index contributed by atoms with van der Waals surface area (Å²) < 4.78 is 5.51. The summed E-state index contributed by atoms with van der Waals surface area (Å²) in [7, 11) is 0. The molecular formula is C12H15Cl3N2O2. The second-order valence-electron chi connectivity index (χ2n) is 3.92. The van der Waals surface area contributed by atoms with E-state index in [4.69, 9.17) is 45.4 Å². The van der Waals surface area contributed by atoms with Crippen molar-refractivity contribution < 1.29 is 9.53 Å². The average Bonchev–Trinajstić information content (AvgIpc) is 2.38. The normalized spacial score (nSPS) is 10.3. The van der Waals surface area contributed by atoms with Crippen molar-refractivity contribution in [2.75, 3.05) is 6.61 Å². The maximum atomic E-state index is 10.9. The van der Waals surface area contributed by atoms with Gasteiger partial charge in [0.05, 0.1) is 21.7 Å². The van der Waals surface area contributed by atoms with Crippen molar-refractivity contribution in [1.82, 2.24) is 5.43 Å². The lowest BCUT2D eigenvalue weighted by Gasteiger charge is -2.09. The molecular weight excluding hydrogens is 311 g/mol. The van der Waals surface area contributed by atoms with Crippen LogP contribution in [0.5, 0.6) is 5.75 Å². The number of unbranched alkanes of at least 4 members (excludes halogenated alkanes) is 2. The number of ether oxygens (including phenoxy) is 1. The molecule has 1 aromatic rings. The van der Waals surface area contributed by atoms with Crippen LogP contribution in [0.2, 0.25) is 15.1 Å². The summed E-state index contributed by atoms with van der Waals surface area (Å²) in [5.41, 5.74) is 2.09. The van der Waals surface area contributed by atoms with Crippen molar-refractivity contribution >= 4 is 40.7 Å². The zero-order valence-corrected chi connectivity index (χ0v) is 12.5. The molecule has 0 unspecified atom stereocenters. The fraction of sp³-hybridized carbons (Fsp3) is 0.417. The van der Waals surface area contributed by atoms with E-state index < -0.39 is 0 Å². The largest absolute Gasteiger partial charge is 0.492 e. The van der Waals surface area contributed by atoms with Crippen LogP contribution in [0.25, 0.3) is 0 Å². The van der Waals surface area contributed by atoms with Crippen molar-refractivity contribution in [2.24, 2.45) is 5.84 Å². The molecule has 0 atom stereocenters. The molecule has 19 heavy (non-hydrogen) atoms. The van der Waals surface area contributed by atoms with Crippen molar-refractivity contribution in [3.05, 3.63) is 27.2 Å². The Labute approximate surface area is 127 Å². The maximum absolute atomic E-state index is 10.9. The molecule has 0 bridgehead atoms. The van der Waals surface area contributed by atoms with E-state index in [0.717, 1.165) is 19.3 Å². The first-order chi connectivity index (χ1) is 9.04. The Bertz CT molecular complexity index is 441. The van der Waals surface area contributed by atoms with Gasteiger partial charge in [-0.15, -0.1) is 0 Å². The summed E-state index contributed by atoms with van der Waals surface area (Å²) in [4.78, 5) is 10.9. The summed E-state index contributed by atoms with van der Waals surface area (Å²) in [5, 5.41) is 1.23. The lowest BCUT2D eigenvalue weighted by Crippen LogP contribution is -2.29. The van der Waals surface area contributed by atoms with Gasteiger partial charge in [0.1, 0.15) is 5.75 Å². The van der Waals surface area contributed by atoms with E-state index in [0.29, 0.717) is 33.8 Å². The first-order valence-electron chi connectivity index (χ1n) is 5.81. The smallest absolute Gasteiger partial charge is 0.233 e. The molecule has 0 aliphatic heterocycles. The second kappa shape index (κ2) is 8.48. The van der Waals surface area contributed by atoms with Crippen molar-refractivity contribution in [3.63, 3.8) is 0 Å². The zero-order valence-electron chi connectivity index (χ0n) is 10.2. The van der Waals surface area contributed by atoms with Gasteiger partial charge in [0.15, 0.2) is 0 Å². The minimum absolute atomic E-state index is 0.159. The number of amides is 1. The molecule has 1 rings (SSSR count). The number of hydrogen-bond acceptors (Lipinski definition) is 3. The molecule has 0 spiro atoms. The summed E-state index contributed by atoms with van der Waals surface area (Å²) in [6.45, 7) is 0.502. The molecule has 106 valence electrons. The zero-order chi connectivity index (χ0) is 14.3. The molecule has 7 heteroatoms. The fourth-order valence-electron chi connectivity index (χ4n) is 1.43. The molecule has 0 aliphatic rings. The molecule has 0 aromatic heterocycles. The van der Waals surface area contributed by atoms with Crippen molar-refractivity contribution in [3.8, 4) is 5.75 Å². The first-order valence-corrected chi connectivity index (χ1v) is 6.94. The molecule has 0 saturated carbocycles. The average molecular weight is 326 g/mol. The van der Waals surface area contributed by atoms with Crippen LogP contribution in [0.3, 0.4) is 0 Å². The number of rotatable bonds is 7. The molecule has 1 aromatic carbocycles. The predicted octanol–water partition coefficient (Wildman–Crippen LogP) is 3.58. The van der Waals surface area contributed by atoms with Gasteiger partial charge in [0.2, 0.25) is 5.91 Å². The lowest BCUT2D eigenvalue weighted by atomic mass is 10.2.